The molecule has 0 amide bonds. The lowest BCUT2D eigenvalue weighted by atomic mass is 10.3. The van der Waals surface area contributed by atoms with Crippen LogP contribution >= 0.6 is 0 Å². The van der Waals surface area contributed by atoms with Gasteiger partial charge in [0.15, 0.2) is 0 Å². The van der Waals surface area contributed by atoms with Gasteiger partial charge < -0.3 is 4.74 Å². The molecule has 0 rings (SSSR count). The highest BCUT2D eigenvalue weighted by Gasteiger charge is 1.99. The molecule has 0 unspecified atom stereocenters. The molecular weight excluding hydrogens is 116 g/mol. The number of hydrogen-bond donors (Lipinski definition) is 0. The molecule has 0 heterocycles. The summed E-state index contributed by atoms with van der Waals surface area (Å²) in [6.45, 7) is 4.84. The van der Waals surface area contributed by atoms with E-state index < -0.39 is 5.97 Å². The minimum absolute atomic E-state index is 0.382. The maximum atomic E-state index is 10.5. The van der Waals surface area contributed by atoms with Crippen LogP contribution < -0.4 is 0 Å². The fourth-order valence-corrected chi connectivity index (χ4v) is 0.337. The monoisotopic (exact) mass is 124 g/mol. The van der Waals surface area contributed by atoms with E-state index >= 15 is 0 Å². The third-order valence-electron chi connectivity index (χ3n) is 0.767. The van der Waals surface area contributed by atoms with Gasteiger partial charge in [-0.2, -0.15) is 0 Å². The van der Waals surface area contributed by atoms with Gasteiger partial charge in [-0.3, -0.25) is 0 Å². The number of methoxy groups -OCH3 is 1. The molecule has 0 aliphatic heterocycles. The summed E-state index contributed by atoms with van der Waals surface area (Å²) in [7, 11) is 1.32. The first-order valence-electron chi connectivity index (χ1n) is 2.42. The third kappa shape index (κ3) is 2.55. The average Bonchev–Trinajstić information content (AvgIpc) is 1.87. The summed E-state index contributed by atoms with van der Waals surface area (Å²) in [5, 5.41) is 0. The Labute approximate surface area is 54.1 Å². The summed E-state index contributed by atoms with van der Waals surface area (Å²) < 4.78 is 4.36. The Bertz CT molecular complexity index is 191. The number of rotatable bonds is 1. The van der Waals surface area contributed by atoms with E-state index in [0.717, 1.165) is 0 Å². The summed E-state index contributed by atoms with van der Waals surface area (Å²) in [6.07, 6.45) is 0. The van der Waals surface area contributed by atoms with Crippen molar-refractivity contribution in [2.75, 3.05) is 7.11 Å². The molecule has 48 valence electrons. The van der Waals surface area contributed by atoms with Crippen molar-refractivity contribution in [3.05, 3.63) is 23.6 Å². The van der Waals surface area contributed by atoms with Crippen LogP contribution in [-0.2, 0) is 9.53 Å². The van der Waals surface area contributed by atoms with Crippen LogP contribution in [0.25, 0.3) is 0 Å². The van der Waals surface area contributed by atoms with Crippen molar-refractivity contribution in [1.29, 1.82) is 0 Å². The standard InChI is InChI=1S/C7H8O2/c1-4-5-6(2)7(8)9-3/h1H2,2-3H3. The summed E-state index contributed by atoms with van der Waals surface area (Å²) in [5.41, 5.74) is 5.20. The van der Waals surface area contributed by atoms with Gasteiger partial charge in [0.25, 0.3) is 0 Å². The van der Waals surface area contributed by atoms with Gasteiger partial charge in [0.2, 0.25) is 0 Å². The number of ether oxygens (including phenoxy) is 1. The van der Waals surface area contributed by atoms with Gasteiger partial charge in [0, 0.05) is 0 Å². The predicted octanol–water partition coefficient (Wildman–Crippen LogP) is 1.05. The maximum absolute atomic E-state index is 10.5. The molecular formula is C7H8O2. The average molecular weight is 124 g/mol. The molecule has 0 aliphatic carbocycles. The first-order valence-corrected chi connectivity index (χ1v) is 2.42. The Morgan fingerprint density at radius 3 is 2.56 bits per heavy atom. The highest BCUT2D eigenvalue weighted by molar-refractivity contribution is 5.87. The molecule has 0 aromatic heterocycles. The van der Waals surface area contributed by atoms with Crippen LogP contribution in [0, 0.1) is 0 Å². The van der Waals surface area contributed by atoms with Crippen LogP contribution in [0.4, 0.5) is 0 Å². The lowest BCUT2D eigenvalue weighted by Crippen LogP contribution is -1.99. The van der Waals surface area contributed by atoms with Gasteiger partial charge >= 0.3 is 5.97 Å². The highest BCUT2D eigenvalue weighted by Crippen LogP contribution is 1.89. The van der Waals surface area contributed by atoms with Crippen molar-refractivity contribution in [2.24, 2.45) is 0 Å². The Balaban J connectivity index is 4.39. The second kappa shape index (κ2) is 3.73. The highest BCUT2D eigenvalue weighted by atomic mass is 16.5. The lowest BCUT2D eigenvalue weighted by molar-refractivity contribution is -0.136. The van der Waals surface area contributed by atoms with Crippen LogP contribution in [0.1, 0.15) is 6.92 Å². The van der Waals surface area contributed by atoms with E-state index in [2.05, 4.69) is 22.8 Å². The van der Waals surface area contributed by atoms with Crippen molar-refractivity contribution < 1.29 is 9.53 Å². The fourth-order valence-electron chi connectivity index (χ4n) is 0.337. The quantitative estimate of drug-likeness (QED) is 0.296. The smallest absolute Gasteiger partial charge is 0.341 e. The SMILES string of the molecule is C=C=C=C(C)C(=O)OC. The van der Waals surface area contributed by atoms with E-state index in [9.17, 15) is 4.79 Å². The van der Waals surface area contributed by atoms with E-state index in [1.165, 1.54) is 7.11 Å². The number of carbonyl (C=O) groups is 1. The molecule has 0 radical (unpaired) electrons. The van der Waals surface area contributed by atoms with E-state index in [-0.39, 0.29) is 0 Å². The molecule has 0 saturated heterocycles. The third-order valence-corrected chi connectivity index (χ3v) is 0.767. The van der Waals surface area contributed by atoms with Crippen molar-refractivity contribution in [1.82, 2.24) is 0 Å². The van der Waals surface area contributed by atoms with Crippen molar-refractivity contribution in [3.8, 4) is 0 Å². The minimum Gasteiger partial charge on any atom is -0.465 e. The van der Waals surface area contributed by atoms with Crippen LogP contribution in [-0.4, -0.2) is 13.1 Å². The zero-order chi connectivity index (χ0) is 7.28. The largest absolute Gasteiger partial charge is 0.465 e. The second-order valence-corrected chi connectivity index (χ2v) is 1.42. The number of esters is 1. The van der Waals surface area contributed by atoms with Crippen molar-refractivity contribution in [2.45, 2.75) is 6.92 Å². The molecule has 0 N–H and O–H groups in total. The van der Waals surface area contributed by atoms with Gasteiger partial charge in [-0.05, 0) is 13.5 Å². The molecule has 0 bridgehead atoms. The molecule has 9 heavy (non-hydrogen) atoms. The van der Waals surface area contributed by atoms with Crippen LogP contribution in [0.2, 0.25) is 0 Å². The predicted molar refractivity (Wildman–Crippen MR) is 33.9 cm³/mol. The Morgan fingerprint density at radius 2 is 2.22 bits per heavy atom. The second-order valence-electron chi connectivity index (χ2n) is 1.42. The summed E-state index contributed by atoms with van der Waals surface area (Å²) in [6, 6.07) is 0. The first-order chi connectivity index (χ1) is 4.22. The molecule has 0 aromatic carbocycles. The molecule has 0 fully saturated rings. The Kier molecular flexibility index (Phi) is 3.22. The number of hydrogen-bond acceptors (Lipinski definition) is 2. The van der Waals surface area contributed by atoms with E-state index in [1.807, 2.05) is 0 Å². The summed E-state index contributed by atoms with van der Waals surface area (Å²) in [5.74, 6) is -0.397. The van der Waals surface area contributed by atoms with Gasteiger partial charge in [0.1, 0.15) is 0 Å². The molecule has 2 nitrogen and oxygen atoms in total. The molecule has 0 atom stereocenters. The Morgan fingerprint density at radius 1 is 1.67 bits per heavy atom. The van der Waals surface area contributed by atoms with Gasteiger partial charge in [-0.25, -0.2) is 4.79 Å². The first kappa shape index (κ1) is 7.77. The zero-order valence-corrected chi connectivity index (χ0v) is 5.52. The number of carbonyl (C=O) groups excluding carboxylic acids is 1. The maximum Gasteiger partial charge on any atom is 0.341 e. The van der Waals surface area contributed by atoms with E-state index in [1.54, 1.807) is 6.92 Å². The molecule has 0 saturated carbocycles. The molecule has 0 spiro atoms. The van der Waals surface area contributed by atoms with Crippen molar-refractivity contribution >= 4 is 5.97 Å². The Hall–Kier alpha value is -1.23. The van der Waals surface area contributed by atoms with Gasteiger partial charge in [-0.1, -0.05) is 11.5 Å². The van der Waals surface area contributed by atoms with Crippen LogP contribution in [0.3, 0.4) is 0 Å². The summed E-state index contributed by atoms with van der Waals surface area (Å²) >= 11 is 0. The summed E-state index contributed by atoms with van der Waals surface area (Å²) in [4.78, 5) is 10.5. The normalized spacial score (nSPS) is 6.89. The van der Waals surface area contributed by atoms with Gasteiger partial charge in [0.05, 0.1) is 12.7 Å². The topological polar surface area (TPSA) is 26.3 Å². The van der Waals surface area contributed by atoms with E-state index in [4.69, 9.17) is 0 Å². The van der Waals surface area contributed by atoms with Crippen molar-refractivity contribution in [3.63, 3.8) is 0 Å². The molecule has 0 aromatic rings. The molecule has 2 heteroatoms. The van der Waals surface area contributed by atoms with Gasteiger partial charge in [-0.15, -0.1) is 0 Å². The van der Waals surface area contributed by atoms with Crippen LogP contribution in [0.5, 0.6) is 0 Å². The zero-order valence-electron chi connectivity index (χ0n) is 5.52. The molecule has 0 aliphatic rings. The van der Waals surface area contributed by atoms with E-state index in [0.29, 0.717) is 5.57 Å². The fraction of sp³-hybridized carbons (Fsp3) is 0.286. The van der Waals surface area contributed by atoms with Crippen LogP contribution in [0.15, 0.2) is 23.6 Å². The lowest BCUT2D eigenvalue weighted by Gasteiger charge is -1.91. The minimum atomic E-state index is -0.397.